The first-order chi connectivity index (χ1) is 15.4. The molecule has 32 heavy (non-hydrogen) atoms. The van der Waals surface area contributed by atoms with Crippen molar-refractivity contribution in [2.75, 3.05) is 32.7 Å². The maximum absolute atomic E-state index is 14.1. The van der Waals surface area contributed by atoms with Crippen LogP contribution in [0.2, 0.25) is 0 Å². The van der Waals surface area contributed by atoms with E-state index >= 15 is 0 Å². The molecule has 0 unspecified atom stereocenters. The topological polar surface area (TPSA) is 60.9 Å². The zero-order valence-corrected chi connectivity index (χ0v) is 18.8. The fraction of sp³-hybridized carbons (Fsp3) is 0.375. The number of piperazine rings is 1. The van der Waals surface area contributed by atoms with Gasteiger partial charge in [0.1, 0.15) is 5.82 Å². The van der Waals surface area contributed by atoms with E-state index in [9.17, 15) is 17.6 Å². The van der Waals surface area contributed by atoms with Gasteiger partial charge < -0.3 is 4.90 Å². The van der Waals surface area contributed by atoms with Gasteiger partial charge in [-0.15, -0.1) is 0 Å². The molecule has 0 spiro atoms. The van der Waals surface area contributed by atoms with Crippen molar-refractivity contribution in [2.24, 2.45) is 0 Å². The molecule has 4 rings (SSSR count). The number of carbonyl (C=O) groups excluding carboxylic acids is 1. The van der Waals surface area contributed by atoms with Gasteiger partial charge in [0, 0.05) is 49.7 Å². The zero-order valence-electron chi connectivity index (χ0n) is 17.9. The number of rotatable bonds is 8. The molecule has 170 valence electrons. The molecular formula is C24H28FN3O3S. The highest BCUT2D eigenvalue weighted by Crippen LogP contribution is 2.28. The van der Waals surface area contributed by atoms with Crippen LogP contribution in [-0.4, -0.2) is 67.2 Å². The standard InChI is InChI=1S/C24H28FN3O3S/c25-23-9-5-4-8-21(23)18-27(22-10-11-22)19-24(29)26-13-15-28(16-14-26)32(30,31)17-12-20-6-2-1-3-7-20/h1-9,12,17,22H,10-11,13-16,18-19H2/b17-12+. The van der Waals surface area contributed by atoms with E-state index in [1.807, 2.05) is 35.2 Å². The van der Waals surface area contributed by atoms with Gasteiger partial charge in [-0.25, -0.2) is 12.8 Å². The van der Waals surface area contributed by atoms with E-state index in [-0.39, 0.29) is 31.4 Å². The predicted molar refractivity (Wildman–Crippen MR) is 122 cm³/mol. The van der Waals surface area contributed by atoms with Crippen LogP contribution in [0.4, 0.5) is 4.39 Å². The smallest absolute Gasteiger partial charge is 0.236 e. The average molecular weight is 458 g/mol. The van der Waals surface area contributed by atoms with Crippen LogP contribution in [0.1, 0.15) is 24.0 Å². The molecule has 1 amide bonds. The second-order valence-corrected chi connectivity index (χ2v) is 10.1. The molecule has 0 bridgehead atoms. The van der Waals surface area contributed by atoms with E-state index in [1.165, 1.54) is 15.8 Å². The van der Waals surface area contributed by atoms with Gasteiger partial charge in [0.05, 0.1) is 6.54 Å². The van der Waals surface area contributed by atoms with Crippen molar-refractivity contribution in [1.29, 1.82) is 0 Å². The van der Waals surface area contributed by atoms with Crippen molar-refractivity contribution in [1.82, 2.24) is 14.1 Å². The van der Waals surface area contributed by atoms with Crippen LogP contribution in [-0.2, 0) is 21.4 Å². The van der Waals surface area contributed by atoms with Crippen LogP contribution < -0.4 is 0 Å². The van der Waals surface area contributed by atoms with Crippen molar-refractivity contribution in [3.8, 4) is 0 Å². The lowest BCUT2D eigenvalue weighted by molar-refractivity contribution is -0.133. The summed E-state index contributed by atoms with van der Waals surface area (Å²) in [5.74, 6) is -0.293. The summed E-state index contributed by atoms with van der Waals surface area (Å²) >= 11 is 0. The third kappa shape index (κ3) is 5.82. The predicted octanol–water partition coefficient (Wildman–Crippen LogP) is 2.94. The van der Waals surface area contributed by atoms with E-state index in [0.717, 1.165) is 18.4 Å². The number of carbonyl (C=O) groups is 1. The Kier molecular flexibility index (Phi) is 7.03. The van der Waals surface area contributed by atoms with E-state index in [2.05, 4.69) is 0 Å². The lowest BCUT2D eigenvalue weighted by Gasteiger charge is -2.34. The summed E-state index contributed by atoms with van der Waals surface area (Å²) in [6.45, 7) is 1.88. The lowest BCUT2D eigenvalue weighted by Crippen LogP contribution is -2.52. The maximum Gasteiger partial charge on any atom is 0.236 e. The van der Waals surface area contributed by atoms with Gasteiger partial charge in [-0.1, -0.05) is 48.5 Å². The van der Waals surface area contributed by atoms with Crippen molar-refractivity contribution < 1.29 is 17.6 Å². The van der Waals surface area contributed by atoms with Crippen molar-refractivity contribution >= 4 is 22.0 Å². The Morgan fingerprint density at radius 2 is 1.66 bits per heavy atom. The van der Waals surface area contributed by atoms with Gasteiger partial charge in [0.25, 0.3) is 0 Å². The molecule has 0 aromatic heterocycles. The highest BCUT2D eigenvalue weighted by molar-refractivity contribution is 7.92. The Hall–Kier alpha value is -2.55. The summed E-state index contributed by atoms with van der Waals surface area (Å²) in [5.41, 5.74) is 1.41. The zero-order chi connectivity index (χ0) is 22.6. The summed E-state index contributed by atoms with van der Waals surface area (Å²) in [5, 5.41) is 1.23. The van der Waals surface area contributed by atoms with Crippen LogP contribution in [0.15, 0.2) is 60.0 Å². The first kappa shape index (κ1) is 22.6. The largest absolute Gasteiger partial charge is 0.339 e. The molecule has 2 aromatic rings. The first-order valence-corrected chi connectivity index (χ1v) is 12.4. The Morgan fingerprint density at radius 3 is 2.31 bits per heavy atom. The highest BCUT2D eigenvalue weighted by atomic mass is 32.2. The molecule has 2 fully saturated rings. The molecule has 0 N–H and O–H groups in total. The van der Waals surface area contributed by atoms with Crippen molar-refractivity contribution in [3.05, 3.63) is 76.9 Å². The number of hydrogen-bond donors (Lipinski definition) is 0. The second kappa shape index (κ2) is 9.94. The molecular weight excluding hydrogens is 429 g/mol. The van der Waals surface area contributed by atoms with E-state index in [4.69, 9.17) is 0 Å². The molecule has 8 heteroatoms. The van der Waals surface area contributed by atoms with Gasteiger partial charge in [-0.05, 0) is 30.5 Å². The van der Waals surface area contributed by atoms with Crippen molar-refractivity contribution in [3.63, 3.8) is 0 Å². The summed E-state index contributed by atoms with van der Waals surface area (Å²) in [4.78, 5) is 16.6. The number of halogens is 1. The normalized spacial score (nSPS) is 17.9. The number of benzene rings is 2. The van der Waals surface area contributed by atoms with Gasteiger partial charge in [0.2, 0.25) is 15.9 Å². The van der Waals surface area contributed by atoms with Gasteiger partial charge in [-0.3, -0.25) is 9.69 Å². The van der Waals surface area contributed by atoms with Crippen molar-refractivity contribution in [2.45, 2.75) is 25.4 Å². The van der Waals surface area contributed by atoms with E-state index in [0.29, 0.717) is 31.2 Å². The fourth-order valence-corrected chi connectivity index (χ4v) is 5.05. The summed E-state index contributed by atoms with van der Waals surface area (Å²) in [7, 11) is -3.54. The molecule has 2 aromatic carbocycles. The molecule has 0 atom stereocenters. The average Bonchev–Trinajstić information content (AvgIpc) is 3.65. The fourth-order valence-electron chi connectivity index (χ4n) is 3.88. The second-order valence-electron chi connectivity index (χ2n) is 8.27. The summed E-state index contributed by atoms with van der Waals surface area (Å²) in [6, 6.07) is 16.2. The minimum atomic E-state index is -3.54. The molecule has 6 nitrogen and oxygen atoms in total. The lowest BCUT2D eigenvalue weighted by atomic mass is 10.2. The van der Waals surface area contributed by atoms with Crippen LogP contribution >= 0.6 is 0 Å². The third-order valence-electron chi connectivity index (χ3n) is 5.92. The van der Waals surface area contributed by atoms with Crippen LogP contribution in [0.25, 0.3) is 6.08 Å². The molecule has 1 heterocycles. The van der Waals surface area contributed by atoms with Gasteiger partial charge >= 0.3 is 0 Å². The molecule has 0 radical (unpaired) electrons. The molecule has 1 aliphatic carbocycles. The molecule has 1 aliphatic heterocycles. The number of sulfonamides is 1. The Labute approximate surface area is 189 Å². The molecule has 1 saturated carbocycles. The Balaban J connectivity index is 1.31. The minimum Gasteiger partial charge on any atom is -0.339 e. The summed E-state index contributed by atoms with van der Waals surface area (Å²) < 4.78 is 40.7. The third-order valence-corrected chi connectivity index (χ3v) is 7.48. The number of nitrogens with zero attached hydrogens (tertiary/aromatic N) is 3. The minimum absolute atomic E-state index is 0.0369. The number of hydrogen-bond acceptors (Lipinski definition) is 4. The van der Waals surface area contributed by atoms with Crippen LogP contribution in [0.3, 0.4) is 0 Å². The van der Waals surface area contributed by atoms with Crippen LogP contribution in [0, 0.1) is 5.82 Å². The monoisotopic (exact) mass is 457 g/mol. The SMILES string of the molecule is O=C(CN(Cc1ccccc1F)C1CC1)N1CCN(S(=O)(=O)/C=C/c2ccccc2)CC1. The van der Waals surface area contributed by atoms with Gasteiger partial charge in [0.15, 0.2) is 0 Å². The van der Waals surface area contributed by atoms with E-state index in [1.54, 1.807) is 29.2 Å². The highest BCUT2D eigenvalue weighted by Gasteiger charge is 2.33. The molecule has 2 aliphatic rings. The number of amides is 1. The Bertz CT molecular complexity index is 1060. The molecule has 1 saturated heterocycles. The maximum atomic E-state index is 14.1. The quantitative estimate of drug-likeness (QED) is 0.612. The van der Waals surface area contributed by atoms with E-state index < -0.39 is 10.0 Å². The summed E-state index contributed by atoms with van der Waals surface area (Å²) in [6.07, 6.45) is 3.62. The first-order valence-electron chi connectivity index (χ1n) is 10.9. The van der Waals surface area contributed by atoms with Gasteiger partial charge in [-0.2, -0.15) is 4.31 Å². The Morgan fingerprint density at radius 1 is 1.00 bits per heavy atom. The van der Waals surface area contributed by atoms with Crippen LogP contribution in [0.5, 0.6) is 0 Å².